The van der Waals surface area contributed by atoms with E-state index in [2.05, 4.69) is 9.50 Å². The van der Waals surface area contributed by atoms with Crippen LogP contribution in [0.4, 0.5) is 0 Å². The Balaban J connectivity index is 4.53. The van der Waals surface area contributed by atoms with Crippen LogP contribution in [0.3, 0.4) is 0 Å². The Morgan fingerprint density at radius 3 is 2.19 bits per heavy atom. The maximum atomic E-state index is 11.5. The molecule has 0 rings (SSSR count). The number of carbonyl (C=O) groups excluding carboxylic acids is 1. The predicted molar refractivity (Wildman–Crippen MR) is 67.6 cm³/mol. The minimum Gasteiger partial charge on any atom is -0.726 e. The quantitative estimate of drug-likeness (QED) is 0.215. The first-order chi connectivity index (χ1) is 9.49. The number of hydrogen-bond donors (Lipinski definition) is 5. The van der Waals surface area contributed by atoms with Gasteiger partial charge in [0.25, 0.3) is 5.91 Å². The number of amides is 1. The molecule has 1 unspecified atom stereocenters. The van der Waals surface area contributed by atoms with E-state index in [9.17, 15) is 38.2 Å². The van der Waals surface area contributed by atoms with Crippen molar-refractivity contribution in [2.24, 2.45) is 0 Å². The molecule has 0 heterocycles. The molecular formula is C10H20NO9S-. The fourth-order valence-corrected chi connectivity index (χ4v) is 1.56. The molecule has 0 fully saturated rings. The Labute approximate surface area is 122 Å². The van der Waals surface area contributed by atoms with Gasteiger partial charge in [0, 0.05) is 6.04 Å². The van der Waals surface area contributed by atoms with Gasteiger partial charge in [0.1, 0.15) is 18.3 Å². The molecular weight excluding hydrogens is 310 g/mol. The molecule has 0 aliphatic heterocycles. The van der Waals surface area contributed by atoms with Crippen LogP contribution in [0.2, 0.25) is 0 Å². The number of rotatable bonds is 9. The van der Waals surface area contributed by atoms with Crippen molar-refractivity contribution in [3.63, 3.8) is 0 Å². The molecule has 0 aliphatic rings. The third-order valence-corrected chi connectivity index (χ3v) is 3.15. The topological polar surface area (TPSA) is 176 Å². The molecule has 0 aliphatic carbocycles. The third kappa shape index (κ3) is 7.66. The van der Waals surface area contributed by atoms with E-state index < -0.39 is 47.3 Å². The van der Waals surface area contributed by atoms with Crippen molar-refractivity contribution in [2.75, 3.05) is 6.61 Å². The number of aliphatic hydroxyl groups excluding tert-OH is 4. The number of hydrogen-bond acceptors (Lipinski definition) is 9. The second kappa shape index (κ2) is 8.58. The van der Waals surface area contributed by atoms with Crippen LogP contribution < -0.4 is 5.32 Å². The monoisotopic (exact) mass is 330 g/mol. The molecule has 0 saturated carbocycles. The van der Waals surface area contributed by atoms with Gasteiger partial charge >= 0.3 is 0 Å². The minimum atomic E-state index is -5.08. The fourth-order valence-electron chi connectivity index (χ4n) is 1.25. The van der Waals surface area contributed by atoms with E-state index in [0.717, 1.165) is 0 Å². The van der Waals surface area contributed by atoms with E-state index in [0.29, 0.717) is 6.42 Å². The molecule has 0 saturated heterocycles. The molecule has 21 heavy (non-hydrogen) atoms. The lowest BCUT2D eigenvalue weighted by atomic mass is 10.0. The number of nitrogens with one attached hydrogen (secondary N) is 1. The van der Waals surface area contributed by atoms with Gasteiger partial charge < -0.3 is 30.3 Å². The van der Waals surface area contributed by atoms with Crippen LogP contribution >= 0.6 is 0 Å². The number of aliphatic hydroxyl groups is 4. The van der Waals surface area contributed by atoms with Crippen molar-refractivity contribution in [3.05, 3.63) is 0 Å². The van der Waals surface area contributed by atoms with Gasteiger partial charge in [-0.1, -0.05) is 6.92 Å². The first kappa shape index (κ1) is 20.2. The second-order valence-corrected chi connectivity index (χ2v) is 5.56. The van der Waals surface area contributed by atoms with E-state index in [1.807, 2.05) is 0 Å². The molecule has 0 spiro atoms. The summed E-state index contributed by atoms with van der Waals surface area (Å²) in [4.78, 5) is 11.5. The Morgan fingerprint density at radius 2 is 1.76 bits per heavy atom. The molecule has 0 bridgehead atoms. The summed E-state index contributed by atoms with van der Waals surface area (Å²) in [6, 6.07) is -0.282. The van der Waals surface area contributed by atoms with E-state index in [4.69, 9.17) is 0 Å². The van der Waals surface area contributed by atoms with E-state index in [1.54, 1.807) is 13.8 Å². The predicted octanol–water partition coefficient (Wildman–Crippen LogP) is -3.18. The highest BCUT2D eigenvalue weighted by molar-refractivity contribution is 7.80. The molecule has 5 atom stereocenters. The van der Waals surface area contributed by atoms with Crippen LogP contribution in [0.25, 0.3) is 0 Å². The van der Waals surface area contributed by atoms with Crippen LogP contribution in [0.5, 0.6) is 0 Å². The van der Waals surface area contributed by atoms with Gasteiger partial charge in [-0.05, 0) is 13.3 Å². The largest absolute Gasteiger partial charge is 0.726 e. The van der Waals surface area contributed by atoms with Gasteiger partial charge in [-0.15, -0.1) is 0 Å². The summed E-state index contributed by atoms with van der Waals surface area (Å²) < 4.78 is 34.2. The average Bonchev–Trinajstić information content (AvgIpc) is 2.40. The summed E-state index contributed by atoms with van der Waals surface area (Å²) in [5.41, 5.74) is 0. The lowest BCUT2D eigenvalue weighted by Crippen LogP contribution is -2.53. The zero-order valence-electron chi connectivity index (χ0n) is 11.5. The first-order valence-electron chi connectivity index (χ1n) is 6.12. The van der Waals surface area contributed by atoms with Crippen LogP contribution in [0.1, 0.15) is 20.3 Å². The van der Waals surface area contributed by atoms with Crippen LogP contribution in [0, 0.1) is 0 Å². The van der Waals surface area contributed by atoms with Crippen LogP contribution in [-0.4, -0.2) is 76.4 Å². The summed E-state index contributed by atoms with van der Waals surface area (Å²) in [6.45, 7) is 2.30. The maximum Gasteiger partial charge on any atom is 0.251 e. The van der Waals surface area contributed by atoms with Crippen molar-refractivity contribution in [2.45, 2.75) is 50.7 Å². The van der Waals surface area contributed by atoms with Crippen LogP contribution in [-0.2, 0) is 19.4 Å². The van der Waals surface area contributed by atoms with E-state index in [-0.39, 0.29) is 6.04 Å². The summed E-state index contributed by atoms with van der Waals surface area (Å²) in [7, 11) is -5.08. The molecule has 0 aromatic carbocycles. The molecule has 0 aromatic rings. The highest BCUT2D eigenvalue weighted by Crippen LogP contribution is 2.07. The van der Waals surface area contributed by atoms with E-state index >= 15 is 0 Å². The first-order valence-corrected chi connectivity index (χ1v) is 7.45. The van der Waals surface area contributed by atoms with Gasteiger partial charge in [0.15, 0.2) is 6.10 Å². The summed E-state index contributed by atoms with van der Waals surface area (Å²) >= 11 is 0. The van der Waals surface area contributed by atoms with Crippen molar-refractivity contribution < 1.29 is 42.4 Å². The Morgan fingerprint density at radius 1 is 1.24 bits per heavy atom. The lowest BCUT2D eigenvalue weighted by Gasteiger charge is -2.26. The Bertz CT molecular complexity index is 426. The molecule has 1 amide bonds. The zero-order valence-corrected chi connectivity index (χ0v) is 12.4. The summed E-state index contributed by atoms with van der Waals surface area (Å²) in [6.07, 6.45) is -7.66. The molecule has 0 aromatic heterocycles. The van der Waals surface area contributed by atoms with Gasteiger partial charge in [-0.2, -0.15) is 0 Å². The minimum absolute atomic E-state index is 0.282. The van der Waals surface area contributed by atoms with Crippen LogP contribution in [0.15, 0.2) is 0 Å². The van der Waals surface area contributed by atoms with Gasteiger partial charge in [0.2, 0.25) is 10.4 Å². The van der Waals surface area contributed by atoms with Crippen molar-refractivity contribution in [3.8, 4) is 0 Å². The Kier molecular flexibility index (Phi) is 8.25. The van der Waals surface area contributed by atoms with Crippen molar-refractivity contribution in [1.29, 1.82) is 0 Å². The van der Waals surface area contributed by atoms with Crippen molar-refractivity contribution >= 4 is 16.3 Å². The maximum absolute atomic E-state index is 11.5. The highest BCUT2D eigenvalue weighted by atomic mass is 32.3. The van der Waals surface area contributed by atoms with Gasteiger partial charge in [0.05, 0.1) is 6.61 Å². The summed E-state index contributed by atoms with van der Waals surface area (Å²) in [5.74, 6) is -0.972. The standard InChI is InChI=1S/C10H21NO9S/c1-3-5(2)11-10(16)9(15)8(14)7(13)6(12)4-20-21(17,18)19/h5-9,12-15H,3-4H2,1-2H3,(H,11,16)(H,17,18,19)/p-1/t5?,6-,7-,8+,9-/m1/s1. The number of carbonyl (C=O) groups is 1. The SMILES string of the molecule is CCC(C)NC(=O)[C@H](O)[C@@H](O)[C@H](O)[C@H](O)COS(=O)(=O)[O-]. The highest BCUT2D eigenvalue weighted by Gasteiger charge is 2.35. The molecule has 10 nitrogen and oxygen atoms in total. The molecule has 11 heteroatoms. The molecule has 5 N–H and O–H groups in total. The van der Waals surface area contributed by atoms with Gasteiger partial charge in [-0.25, -0.2) is 8.42 Å². The average molecular weight is 330 g/mol. The van der Waals surface area contributed by atoms with Crippen molar-refractivity contribution in [1.82, 2.24) is 5.32 Å². The summed E-state index contributed by atoms with van der Waals surface area (Å²) in [5, 5.41) is 40.2. The molecule has 126 valence electrons. The van der Waals surface area contributed by atoms with Gasteiger partial charge in [-0.3, -0.25) is 8.98 Å². The fraction of sp³-hybridized carbons (Fsp3) is 0.900. The van der Waals surface area contributed by atoms with E-state index in [1.165, 1.54) is 0 Å². The lowest BCUT2D eigenvalue weighted by molar-refractivity contribution is -0.149. The third-order valence-electron chi connectivity index (χ3n) is 2.72. The Hall–Kier alpha value is -0.820. The normalized spacial score (nSPS) is 19.4. The second-order valence-electron chi connectivity index (χ2n) is 4.50. The smallest absolute Gasteiger partial charge is 0.251 e. The zero-order chi connectivity index (χ0) is 16.8. The molecule has 0 radical (unpaired) electrons.